The number of amides is 1. The number of carbonyl (C=O) groups is 3. The number of carboxylic acids is 1. The average molecular weight is 417 g/mol. The summed E-state index contributed by atoms with van der Waals surface area (Å²) in [6, 6.07) is -1.99. The van der Waals surface area contributed by atoms with E-state index in [4.69, 9.17) is 4.74 Å². The highest BCUT2D eigenvalue weighted by Crippen LogP contribution is 2.19. The van der Waals surface area contributed by atoms with E-state index in [9.17, 15) is 19.5 Å². The molecule has 1 saturated heterocycles. The van der Waals surface area contributed by atoms with Crippen molar-refractivity contribution in [1.29, 1.82) is 0 Å². The quantitative estimate of drug-likeness (QED) is 0.332. The van der Waals surface area contributed by atoms with E-state index in [0.29, 0.717) is 25.1 Å². The molecule has 2 N–H and O–H groups in total. The first kappa shape index (κ1) is 24.8. The third-order valence-electron chi connectivity index (χ3n) is 4.89. The lowest BCUT2D eigenvalue weighted by atomic mass is 10.2. The van der Waals surface area contributed by atoms with Crippen LogP contribution >= 0.6 is 11.8 Å². The minimum absolute atomic E-state index is 0.274. The lowest BCUT2D eigenvalue weighted by Gasteiger charge is -2.27. The number of thioether (sulfide) groups is 1. The van der Waals surface area contributed by atoms with Gasteiger partial charge in [-0.25, -0.2) is 4.79 Å². The summed E-state index contributed by atoms with van der Waals surface area (Å²) in [6.07, 6.45) is 7.18. The summed E-state index contributed by atoms with van der Waals surface area (Å²) in [7, 11) is 0. The summed E-state index contributed by atoms with van der Waals surface area (Å²) in [5.74, 6) is -0.108. The van der Waals surface area contributed by atoms with E-state index < -0.39 is 24.1 Å². The first-order chi connectivity index (χ1) is 13.4. The van der Waals surface area contributed by atoms with Gasteiger partial charge in [0.15, 0.2) is 0 Å². The molecule has 1 fully saturated rings. The van der Waals surface area contributed by atoms with Crippen LogP contribution in [0.25, 0.3) is 0 Å². The number of nitrogens with one attached hydrogen (secondary N) is 1. The monoisotopic (exact) mass is 416 g/mol. The third-order valence-corrected chi connectivity index (χ3v) is 6.04. The molecule has 1 heterocycles. The molecule has 1 amide bonds. The fraction of sp³-hybridized carbons (Fsp3) is 0.850. The number of rotatable bonds is 14. The van der Waals surface area contributed by atoms with E-state index in [2.05, 4.69) is 12.2 Å². The average Bonchev–Trinajstić information content (AvgIpc) is 3.15. The molecular formula is C20H36N2O5S. The fourth-order valence-corrected chi connectivity index (χ4v) is 4.39. The number of esters is 1. The Balaban J connectivity index is 2.53. The Hall–Kier alpha value is -1.28. The molecule has 0 aromatic rings. The first-order valence-corrected chi connectivity index (χ1v) is 11.6. The normalized spacial score (nSPS) is 18.7. The maximum Gasteiger partial charge on any atom is 0.326 e. The number of unbranched alkanes of at least 4 members (excludes halogenated alkanes) is 4. The van der Waals surface area contributed by atoms with E-state index in [1.54, 1.807) is 25.6 Å². The molecule has 0 aromatic carbocycles. The third kappa shape index (κ3) is 8.39. The van der Waals surface area contributed by atoms with Gasteiger partial charge < -0.3 is 14.7 Å². The van der Waals surface area contributed by atoms with Crippen molar-refractivity contribution in [3.63, 3.8) is 0 Å². The molecule has 0 spiro atoms. The van der Waals surface area contributed by atoms with E-state index in [0.717, 1.165) is 12.2 Å². The van der Waals surface area contributed by atoms with Crippen LogP contribution in [-0.4, -0.2) is 70.6 Å². The smallest absolute Gasteiger partial charge is 0.326 e. The van der Waals surface area contributed by atoms with Crippen LogP contribution in [0.1, 0.15) is 65.7 Å². The van der Waals surface area contributed by atoms with Crippen LogP contribution in [-0.2, 0) is 19.1 Å². The zero-order chi connectivity index (χ0) is 20.9. The molecule has 0 aliphatic carbocycles. The summed E-state index contributed by atoms with van der Waals surface area (Å²) < 4.78 is 5.15. The molecular weight excluding hydrogens is 380 g/mol. The van der Waals surface area contributed by atoms with Gasteiger partial charge in [0.2, 0.25) is 5.91 Å². The topological polar surface area (TPSA) is 95.9 Å². The van der Waals surface area contributed by atoms with Crippen LogP contribution < -0.4 is 5.32 Å². The minimum Gasteiger partial charge on any atom is -0.480 e. The number of likely N-dealkylation sites (tertiary alicyclic amines) is 1. The van der Waals surface area contributed by atoms with Crippen LogP contribution in [0.2, 0.25) is 0 Å². The van der Waals surface area contributed by atoms with Crippen molar-refractivity contribution in [2.75, 3.05) is 24.7 Å². The Morgan fingerprint density at radius 2 is 1.93 bits per heavy atom. The van der Waals surface area contributed by atoms with Crippen LogP contribution in [0, 0.1) is 0 Å². The van der Waals surface area contributed by atoms with Crippen LogP contribution in [0.3, 0.4) is 0 Å². The Morgan fingerprint density at radius 3 is 2.57 bits per heavy atom. The van der Waals surface area contributed by atoms with Crippen LogP contribution in [0.4, 0.5) is 0 Å². The Kier molecular flexibility index (Phi) is 12.2. The van der Waals surface area contributed by atoms with E-state index in [1.165, 1.54) is 30.6 Å². The number of carboxylic acid groups (broad SMARTS) is 1. The van der Waals surface area contributed by atoms with Crippen LogP contribution in [0.15, 0.2) is 0 Å². The van der Waals surface area contributed by atoms with Gasteiger partial charge in [0.05, 0.1) is 12.6 Å². The van der Waals surface area contributed by atoms with Gasteiger partial charge in [-0.3, -0.25) is 14.9 Å². The van der Waals surface area contributed by atoms with Crippen molar-refractivity contribution in [2.45, 2.75) is 83.8 Å². The highest BCUT2D eigenvalue weighted by Gasteiger charge is 2.36. The molecule has 0 saturated carbocycles. The van der Waals surface area contributed by atoms with E-state index >= 15 is 0 Å². The maximum absolute atomic E-state index is 12.7. The first-order valence-electron chi connectivity index (χ1n) is 10.5. The summed E-state index contributed by atoms with van der Waals surface area (Å²) >= 11 is 1.68. The van der Waals surface area contributed by atoms with E-state index in [-0.39, 0.29) is 18.5 Å². The molecule has 7 nitrogen and oxygen atoms in total. The molecule has 8 heteroatoms. The standard InChI is InChI=1S/C20H36N2O5S/c1-4-6-7-8-9-13-28-14-16(20(26)27-5-2)21-15(3)18(23)22-12-10-11-17(22)19(24)25/h15-17,21H,4-14H2,1-3H3,(H,24,25)/t15-,16-,17-/m0/s1. The zero-order valence-electron chi connectivity index (χ0n) is 17.4. The van der Waals surface area contributed by atoms with Crippen molar-refractivity contribution in [3.8, 4) is 0 Å². The minimum atomic E-state index is -0.973. The second kappa shape index (κ2) is 13.8. The molecule has 0 aromatic heterocycles. The molecule has 162 valence electrons. The number of hydrogen-bond donors (Lipinski definition) is 2. The summed E-state index contributed by atoms with van der Waals surface area (Å²) in [4.78, 5) is 37.7. The van der Waals surface area contributed by atoms with Crippen molar-refractivity contribution in [2.24, 2.45) is 0 Å². The summed E-state index contributed by atoms with van der Waals surface area (Å²) in [5, 5.41) is 12.4. The number of ether oxygens (including phenoxy) is 1. The Labute approximate surface area is 172 Å². The molecule has 3 atom stereocenters. The summed E-state index contributed by atoms with van der Waals surface area (Å²) in [6.45, 7) is 6.35. The molecule has 1 rings (SSSR count). The van der Waals surface area contributed by atoms with Gasteiger partial charge in [-0.15, -0.1) is 0 Å². The van der Waals surface area contributed by atoms with Crippen molar-refractivity contribution in [3.05, 3.63) is 0 Å². The zero-order valence-corrected chi connectivity index (χ0v) is 18.3. The molecule has 0 bridgehead atoms. The van der Waals surface area contributed by atoms with E-state index in [1.807, 2.05) is 0 Å². The van der Waals surface area contributed by atoms with Gasteiger partial charge in [-0.1, -0.05) is 32.6 Å². The van der Waals surface area contributed by atoms with Crippen molar-refractivity contribution < 1.29 is 24.2 Å². The maximum atomic E-state index is 12.7. The number of aliphatic carboxylic acids is 1. The lowest BCUT2D eigenvalue weighted by molar-refractivity contribution is -0.150. The molecule has 1 aliphatic rings. The largest absolute Gasteiger partial charge is 0.480 e. The van der Waals surface area contributed by atoms with Crippen LogP contribution in [0.5, 0.6) is 0 Å². The second-order valence-corrected chi connectivity index (χ2v) is 8.36. The highest BCUT2D eigenvalue weighted by molar-refractivity contribution is 7.99. The number of carbonyl (C=O) groups excluding carboxylic acids is 2. The molecule has 0 unspecified atom stereocenters. The fourth-order valence-electron chi connectivity index (χ4n) is 3.34. The van der Waals surface area contributed by atoms with Gasteiger partial charge in [0.1, 0.15) is 12.1 Å². The second-order valence-electron chi connectivity index (χ2n) is 7.21. The van der Waals surface area contributed by atoms with Gasteiger partial charge in [-0.2, -0.15) is 11.8 Å². The van der Waals surface area contributed by atoms with Gasteiger partial charge >= 0.3 is 11.9 Å². The van der Waals surface area contributed by atoms with Gasteiger partial charge in [0, 0.05) is 12.3 Å². The predicted octanol–water partition coefficient (Wildman–Crippen LogP) is 2.68. The van der Waals surface area contributed by atoms with Crippen molar-refractivity contribution >= 4 is 29.6 Å². The molecule has 0 radical (unpaired) electrons. The predicted molar refractivity (Wildman–Crippen MR) is 111 cm³/mol. The van der Waals surface area contributed by atoms with Gasteiger partial charge in [0.25, 0.3) is 0 Å². The SMILES string of the molecule is CCCCCCCSC[C@H](N[C@@H](C)C(=O)N1CCC[C@H]1C(=O)O)C(=O)OCC. The number of nitrogens with zero attached hydrogens (tertiary/aromatic N) is 1. The Bertz CT molecular complexity index is 503. The van der Waals surface area contributed by atoms with Crippen molar-refractivity contribution in [1.82, 2.24) is 10.2 Å². The lowest BCUT2D eigenvalue weighted by Crippen LogP contribution is -2.54. The Morgan fingerprint density at radius 1 is 1.21 bits per heavy atom. The number of hydrogen-bond acceptors (Lipinski definition) is 6. The highest BCUT2D eigenvalue weighted by atomic mass is 32.2. The van der Waals surface area contributed by atoms with Gasteiger partial charge in [-0.05, 0) is 38.9 Å². The molecule has 28 heavy (non-hydrogen) atoms. The molecule has 1 aliphatic heterocycles. The summed E-state index contributed by atoms with van der Waals surface area (Å²) in [5.41, 5.74) is 0.